The molecule has 6 heteroatoms. The molecule has 0 saturated carbocycles. The zero-order valence-electron chi connectivity index (χ0n) is 10.8. The van der Waals surface area contributed by atoms with Crippen LogP contribution in [0.1, 0.15) is 24.6 Å². The molecule has 0 bridgehead atoms. The van der Waals surface area contributed by atoms with Crippen molar-refractivity contribution in [2.24, 2.45) is 0 Å². The number of aromatic nitrogens is 3. The van der Waals surface area contributed by atoms with Crippen molar-refractivity contribution in [3.63, 3.8) is 0 Å². The van der Waals surface area contributed by atoms with Crippen molar-refractivity contribution in [3.05, 3.63) is 11.6 Å². The molecule has 0 amide bonds. The first-order valence-corrected chi connectivity index (χ1v) is 6.68. The second-order valence-corrected chi connectivity index (χ2v) is 4.81. The average Bonchev–Trinajstić information content (AvgIpc) is 2.68. The highest BCUT2D eigenvalue weighted by atomic mass is 16.5. The molecule has 18 heavy (non-hydrogen) atoms. The summed E-state index contributed by atoms with van der Waals surface area (Å²) < 4.78 is 13.1. The van der Waals surface area contributed by atoms with Gasteiger partial charge in [-0.25, -0.2) is 0 Å². The minimum absolute atomic E-state index is 0.299. The Bertz CT molecular complexity index is 401. The van der Waals surface area contributed by atoms with Crippen molar-refractivity contribution in [2.45, 2.75) is 25.9 Å². The van der Waals surface area contributed by atoms with Gasteiger partial charge in [0.05, 0.1) is 32.5 Å². The fraction of sp³-hybridized carbons (Fsp3) is 0.833. The fourth-order valence-corrected chi connectivity index (χ4v) is 2.64. The smallest absolute Gasteiger partial charge is 0.150 e. The Labute approximate surface area is 107 Å². The van der Waals surface area contributed by atoms with Gasteiger partial charge >= 0.3 is 0 Å². The van der Waals surface area contributed by atoms with Crippen LogP contribution in [0, 0.1) is 0 Å². The van der Waals surface area contributed by atoms with Crippen LogP contribution < -0.4 is 0 Å². The summed E-state index contributed by atoms with van der Waals surface area (Å²) in [6.07, 6.45) is 0.864. The molecule has 0 radical (unpaired) electrons. The first-order chi connectivity index (χ1) is 8.86. The summed E-state index contributed by atoms with van der Waals surface area (Å²) >= 11 is 0. The number of hydrogen-bond donors (Lipinski definition) is 0. The Morgan fingerprint density at radius 2 is 1.72 bits per heavy atom. The molecular formula is C12H20N4O2. The fourth-order valence-electron chi connectivity index (χ4n) is 2.64. The van der Waals surface area contributed by atoms with Crippen molar-refractivity contribution in [1.29, 1.82) is 0 Å². The van der Waals surface area contributed by atoms with Crippen LogP contribution in [0.15, 0.2) is 0 Å². The van der Waals surface area contributed by atoms with Gasteiger partial charge in [-0.15, -0.1) is 10.2 Å². The first kappa shape index (κ1) is 12.1. The lowest BCUT2D eigenvalue weighted by Crippen LogP contribution is -2.39. The van der Waals surface area contributed by atoms with Gasteiger partial charge in [0.1, 0.15) is 11.6 Å². The Balaban J connectivity index is 1.80. The molecule has 1 atom stereocenters. The molecule has 0 aromatic carbocycles. The predicted octanol–water partition coefficient (Wildman–Crippen LogP) is 0.244. The lowest BCUT2D eigenvalue weighted by atomic mass is 10.2. The monoisotopic (exact) mass is 252 g/mol. The van der Waals surface area contributed by atoms with E-state index in [1.165, 1.54) is 0 Å². The topological polar surface area (TPSA) is 52.4 Å². The van der Waals surface area contributed by atoms with Gasteiger partial charge in [0, 0.05) is 26.1 Å². The van der Waals surface area contributed by atoms with E-state index in [9.17, 15) is 0 Å². The van der Waals surface area contributed by atoms with Gasteiger partial charge < -0.3 is 14.0 Å². The maximum atomic E-state index is 5.49. The molecule has 1 aromatic heterocycles. The van der Waals surface area contributed by atoms with Crippen LogP contribution in [0.5, 0.6) is 0 Å². The van der Waals surface area contributed by atoms with E-state index in [4.69, 9.17) is 9.47 Å². The second kappa shape index (κ2) is 5.34. The standard InChI is InChI=1S/C12H20N4O2/c1-10(15-3-7-18-8-4-15)12-14-13-11-2-6-17-9-5-16(11)12/h10H,2-9H2,1H3. The van der Waals surface area contributed by atoms with Crippen LogP contribution in [-0.4, -0.2) is 59.2 Å². The molecule has 1 fully saturated rings. The van der Waals surface area contributed by atoms with E-state index in [-0.39, 0.29) is 0 Å². The molecular weight excluding hydrogens is 232 g/mol. The van der Waals surface area contributed by atoms with Gasteiger partial charge in [-0.1, -0.05) is 0 Å². The Kier molecular flexibility index (Phi) is 3.58. The van der Waals surface area contributed by atoms with Crippen LogP contribution in [-0.2, 0) is 22.4 Å². The lowest BCUT2D eigenvalue weighted by molar-refractivity contribution is 0.0172. The average molecular weight is 252 g/mol. The molecule has 100 valence electrons. The predicted molar refractivity (Wildman–Crippen MR) is 65.4 cm³/mol. The van der Waals surface area contributed by atoms with Crippen molar-refractivity contribution in [3.8, 4) is 0 Å². The van der Waals surface area contributed by atoms with Gasteiger partial charge in [-0.3, -0.25) is 4.90 Å². The van der Waals surface area contributed by atoms with Crippen LogP contribution >= 0.6 is 0 Å². The third kappa shape index (κ3) is 2.28. The minimum atomic E-state index is 0.299. The number of fused-ring (bicyclic) bond motifs is 1. The molecule has 0 spiro atoms. The minimum Gasteiger partial charge on any atom is -0.379 e. The molecule has 3 rings (SSSR count). The van der Waals surface area contributed by atoms with Crippen LogP contribution in [0.4, 0.5) is 0 Å². The Hall–Kier alpha value is -0.980. The molecule has 3 heterocycles. The third-order valence-corrected chi connectivity index (χ3v) is 3.75. The van der Waals surface area contributed by atoms with E-state index in [1.807, 2.05) is 0 Å². The summed E-state index contributed by atoms with van der Waals surface area (Å²) in [5.74, 6) is 2.13. The van der Waals surface area contributed by atoms with Gasteiger partial charge in [-0.05, 0) is 6.92 Å². The quantitative estimate of drug-likeness (QED) is 0.755. The van der Waals surface area contributed by atoms with Crippen LogP contribution in [0.25, 0.3) is 0 Å². The van der Waals surface area contributed by atoms with E-state index >= 15 is 0 Å². The number of nitrogens with zero attached hydrogens (tertiary/aromatic N) is 4. The van der Waals surface area contributed by atoms with Gasteiger partial charge in [0.15, 0.2) is 0 Å². The molecule has 0 N–H and O–H groups in total. The molecule has 1 unspecified atom stereocenters. The van der Waals surface area contributed by atoms with Gasteiger partial charge in [-0.2, -0.15) is 0 Å². The van der Waals surface area contributed by atoms with Gasteiger partial charge in [0.25, 0.3) is 0 Å². The summed E-state index contributed by atoms with van der Waals surface area (Å²) in [7, 11) is 0. The highest BCUT2D eigenvalue weighted by Gasteiger charge is 2.25. The van der Waals surface area contributed by atoms with E-state index in [0.717, 1.165) is 64.1 Å². The Morgan fingerprint density at radius 1 is 1.00 bits per heavy atom. The number of ether oxygens (including phenoxy) is 2. The normalized spacial score (nSPS) is 23.4. The van der Waals surface area contributed by atoms with Crippen molar-refractivity contribution >= 4 is 0 Å². The summed E-state index contributed by atoms with van der Waals surface area (Å²) in [5, 5.41) is 8.70. The molecule has 2 aliphatic heterocycles. The maximum Gasteiger partial charge on any atom is 0.150 e. The number of rotatable bonds is 2. The molecule has 1 saturated heterocycles. The van der Waals surface area contributed by atoms with Gasteiger partial charge in [0.2, 0.25) is 0 Å². The van der Waals surface area contributed by atoms with Crippen molar-refractivity contribution in [2.75, 3.05) is 39.5 Å². The summed E-state index contributed by atoms with van der Waals surface area (Å²) in [6, 6.07) is 0.299. The van der Waals surface area contributed by atoms with E-state index in [0.29, 0.717) is 6.04 Å². The summed E-state index contributed by atoms with van der Waals surface area (Å²) in [6.45, 7) is 8.15. The number of hydrogen-bond acceptors (Lipinski definition) is 5. The zero-order valence-corrected chi connectivity index (χ0v) is 10.8. The lowest BCUT2D eigenvalue weighted by Gasteiger charge is -2.31. The third-order valence-electron chi connectivity index (χ3n) is 3.75. The Morgan fingerprint density at radius 3 is 2.56 bits per heavy atom. The highest BCUT2D eigenvalue weighted by Crippen LogP contribution is 2.21. The van der Waals surface area contributed by atoms with Crippen molar-refractivity contribution in [1.82, 2.24) is 19.7 Å². The number of morpholine rings is 1. The zero-order chi connectivity index (χ0) is 12.4. The van der Waals surface area contributed by atoms with Crippen molar-refractivity contribution < 1.29 is 9.47 Å². The van der Waals surface area contributed by atoms with E-state index in [1.54, 1.807) is 0 Å². The summed E-state index contributed by atoms with van der Waals surface area (Å²) in [5.41, 5.74) is 0. The maximum absolute atomic E-state index is 5.49. The SMILES string of the molecule is CC(c1nnc2n1CCOCC2)N1CCOCC1. The second-order valence-electron chi connectivity index (χ2n) is 4.81. The summed E-state index contributed by atoms with van der Waals surface area (Å²) in [4.78, 5) is 2.41. The molecule has 6 nitrogen and oxygen atoms in total. The first-order valence-electron chi connectivity index (χ1n) is 6.68. The van der Waals surface area contributed by atoms with E-state index < -0.39 is 0 Å². The van der Waals surface area contributed by atoms with E-state index in [2.05, 4.69) is 26.6 Å². The molecule has 1 aromatic rings. The molecule has 0 aliphatic carbocycles. The highest BCUT2D eigenvalue weighted by molar-refractivity contribution is 5.02. The van der Waals surface area contributed by atoms with Crippen LogP contribution in [0.3, 0.4) is 0 Å². The van der Waals surface area contributed by atoms with Crippen LogP contribution in [0.2, 0.25) is 0 Å². The largest absolute Gasteiger partial charge is 0.379 e. The molecule has 2 aliphatic rings.